The summed E-state index contributed by atoms with van der Waals surface area (Å²) in [4.78, 5) is 29.8. The highest BCUT2D eigenvalue weighted by Gasteiger charge is 2.47. The van der Waals surface area contributed by atoms with Crippen molar-refractivity contribution in [3.63, 3.8) is 0 Å². The monoisotopic (exact) mass is 400 g/mol. The van der Waals surface area contributed by atoms with E-state index in [1.165, 1.54) is 12.1 Å². The van der Waals surface area contributed by atoms with Crippen LogP contribution < -0.4 is 0 Å². The Hall–Kier alpha value is -2.74. The predicted molar refractivity (Wildman–Crippen MR) is 104 cm³/mol. The Kier molecular flexibility index (Phi) is 5.12. The van der Waals surface area contributed by atoms with Gasteiger partial charge in [-0.25, -0.2) is 4.39 Å². The second-order valence-electron chi connectivity index (χ2n) is 7.90. The molecule has 1 atom stereocenters. The van der Waals surface area contributed by atoms with E-state index < -0.39 is 5.54 Å². The Balaban J connectivity index is 1.63. The Morgan fingerprint density at radius 1 is 1.31 bits per heavy atom. The van der Waals surface area contributed by atoms with Crippen molar-refractivity contribution < 1.29 is 18.7 Å². The van der Waals surface area contributed by atoms with Crippen molar-refractivity contribution in [2.45, 2.75) is 31.8 Å². The van der Waals surface area contributed by atoms with Gasteiger partial charge in [-0.15, -0.1) is 0 Å². The molecule has 2 aliphatic rings. The molecule has 3 heterocycles. The van der Waals surface area contributed by atoms with Crippen LogP contribution in [-0.2, 0) is 23.1 Å². The number of hydrogen-bond donors (Lipinski definition) is 0. The highest BCUT2D eigenvalue weighted by atomic mass is 19.1. The first kappa shape index (κ1) is 19.6. The molecule has 2 saturated heterocycles. The average Bonchev–Trinajstić information content (AvgIpc) is 3.26. The van der Waals surface area contributed by atoms with E-state index in [2.05, 4.69) is 5.10 Å². The van der Waals surface area contributed by atoms with Crippen molar-refractivity contribution in [2.24, 2.45) is 7.05 Å². The van der Waals surface area contributed by atoms with Crippen molar-refractivity contribution in [3.8, 4) is 0 Å². The maximum absolute atomic E-state index is 13.3. The quantitative estimate of drug-likeness (QED) is 0.789. The van der Waals surface area contributed by atoms with E-state index in [0.29, 0.717) is 45.0 Å². The van der Waals surface area contributed by atoms with Gasteiger partial charge in [0.25, 0.3) is 5.91 Å². The minimum absolute atomic E-state index is 0.0173. The average molecular weight is 400 g/mol. The molecule has 1 unspecified atom stereocenters. The molecule has 0 saturated carbocycles. The first-order valence-corrected chi connectivity index (χ1v) is 9.80. The van der Waals surface area contributed by atoms with Crippen molar-refractivity contribution in [1.29, 1.82) is 0 Å². The lowest BCUT2D eigenvalue weighted by Gasteiger charge is -2.40. The van der Waals surface area contributed by atoms with E-state index in [9.17, 15) is 14.0 Å². The summed E-state index contributed by atoms with van der Waals surface area (Å²) in [6, 6.07) is 7.95. The number of benzene rings is 1. The highest BCUT2D eigenvalue weighted by molar-refractivity contribution is 5.93. The third-order valence-electron chi connectivity index (χ3n) is 5.80. The van der Waals surface area contributed by atoms with Crippen LogP contribution in [0.1, 0.15) is 34.6 Å². The standard InChI is InChI=1S/C21H25FN4O3/c1-15-11-18(24(2)23-15)20(28)25-9-7-19(27)26(21(13-25)8-10-29-14-21)12-16-3-5-17(22)6-4-16/h3-6,11H,7-10,12-14H2,1-2H3. The summed E-state index contributed by atoms with van der Waals surface area (Å²) in [7, 11) is 1.75. The largest absolute Gasteiger partial charge is 0.379 e. The van der Waals surface area contributed by atoms with Crippen LogP contribution in [0.3, 0.4) is 0 Å². The Morgan fingerprint density at radius 3 is 2.69 bits per heavy atom. The number of rotatable bonds is 3. The Morgan fingerprint density at radius 2 is 2.07 bits per heavy atom. The van der Waals surface area contributed by atoms with Gasteiger partial charge in [-0.2, -0.15) is 5.10 Å². The number of amides is 2. The van der Waals surface area contributed by atoms with E-state index in [1.807, 2.05) is 11.8 Å². The predicted octanol–water partition coefficient (Wildman–Crippen LogP) is 1.90. The van der Waals surface area contributed by atoms with Gasteiger partial charge in [0.2, 0.25) is 5.91 Å². The van der Waals surface area contributed by atoms with Crippen LogP contribution in [0, 0.1) is 12.7 Å². The maximum Gasteiger partial charge on any atom is 0.272 e. The van der Waals surface area contributed by atoms with Crippen LogP contribution in [0.5, 0.6) is 0 Å². The van der Waals surface area contributed by atoms with Crippen LogP contribution >= 0.6 is 0 Å². The summed E-state index contributed by atoms with van der Waals surface area (Å²) in [5.74, 6) is -0.454. The van der Waals surface area contributed by atoms with Gasteiger partial charge in [-0.05, 0) is 37.1 Å². The first-order chi connectivity index (χ1) is 13.9. The number of carbonyl (C=O) groups is 2. The van der Waals surface area contributed by atoms with Gasteiger partial charge in [0.05, 0.1) is 17.8 Å². The third kappa shape index (κ3) is 3.76. The highest BCUT2D eigenvalue weighted by Crippen LogP contribution is 2.32. The summed E-state index contributed by atoms with van der Waals surface area (Å²) in [5, 5.41) is 4.27. The molecular formula is C21H25FN4O3. The fourth-order valence-corrected chi connectivity index (χ4v) is 4.26. The van der Waals surface area contributed by atoms with Crippen molar-refractivity contribution >= 4 is 11.8 Å². The minimum atomic E-state index is -0.578. The number of hydrogen-bond acceptors (Lipinski definition) is 4. The minimum Gasteiger partial charge on any atom is -0.379 e. The molecule has 2 fully saturated rings. The van der Waals surface area contributed by atoms with Crippen LogP contribution in [0.15, 0.2) is 30.3 Å². The third-order valence-corrected chi connectivity index (χ3v) is 5.80. The summed E-state index contributed by atoms with van der Waals surface area (Å²) < 4.78 is 20.5. The molecule has 7 nitrogen and oxygen atoms in total. The summed E-state index contributed by atoms with van der Waals surface area (Å²) in [6.45, 7) is 3.90. The van der Waals surface area contributed by atoms with Gasteiger partial charge in [0, 0.05) is 39.7 Å². The van der Waals surface area contributed by atoms with E-state index >= 15 is 0 Å². The first-order valence-electron chi connectivity index (χ1n) is 9.80. The van der Waals surface area contributed by atoms with E-state index in [4.69, 9.17) is 4.74 Å². The molecule has 2 amide bonds. The molecular weight excluding hydrogens is 375 g/mol. The van der Waals surface area contributed by atoms with Crippen LogP contribution in [-0.4, -0.2) is 63.2 Å². The number of halogens is 1. The molecule has 0 N–H and O–H groups in total. The van der Waals surface area contributed by atoms with Crippen LogP contribution in [0.25, 0.3) is 0 Å². The molecule has 8 heteroatoms. The molecule has 0 aliphatic carbocycles. The molecule has 4 rings (SSSR count). The maximum atomic E-state index is 13.3. The molecule has 0 radical (unpaired) electrons. The van der Waals surface area contributed by atoms with Gasteiger partial charge in [-0.1, -0.05) is 12.1 Å². The van der Waals surface area contributed by atoms with Gasteiger partial charge < -0.3 is 14.5 Å². The molecule has 0 bridgehead atoms. The van der Waals surface area contributed by atoms with Gasteiger partial charge in [0.1, 0.15) is 11.5 Å². The number of carbonyl (C=O) groups excluding carboxylic acids is 2. The summed E-state index contributed by atoms with van der Waals surface area (Å²) >= 11 is 0. The Bertz CT molecular complexity index is 919. The number of nitrogens with zero attached hydrogens (tertiary/aromatic N) is 4. The molecule has 1 aromatic heterocycles. The molecule has 1 aromatic carbocycles. The normalized spacial score (nSPS) is 22.4. The topological polar surface area (TPSA) is 67.7 Å². The van der Waals surface area contributed by atoms with Gasteiger partial charge in [-0.3, -0.25) is 14.3 Å². The zero-order chi connectivity index (χ0) is 20.6. The molecule has 2 aromatic rings. The second-order valence-corrected chi connectivity index (χ2v) is 7.90. The lowest BCUT2D eigenvalue weighted by atomic mass is 9.94. The summed E-state index contributed by atoms with van der Waals surface area (Å²) in [6.07, 6.45) is 0.902. The molecule has 1 spiro atoms. The van der Waals surface area contributed by atoms with Crippen molar-refractivity contribution in [1.82, 2.24) is 19.6 Å². The van der Waals surface area contributed by atoms with E-state index in [-0.39, 0.29) is 24.1 Å². The van der Waals surface area contributed by atoms with Crippen molar-refractivity contribution in [2.75, 3.05) is 26.3 Å². The van der Waals surface area contributed by atoms with Crippen LogP contribution in [0.2, 0.25) is 0 Å². The zero-order valence-electron chi connectivity index (χ0n) is 16.7. The SMILES string of the molecule is Cc1cc(C(=O)N2CCC(=O)N(Cc3ccc(F)cc3)C3(CCOC3)C2)n(C)n1. The van der Waals surface area contributed by atoms with E-state index in [1.54, 1.807) is 34.8 Å². The van der Waals surface area contributed by atoms with E-state index in [0.717, 1.165) is 11.3 Å². The lowest BCUT2D eigenvalue weighted by molar-refractivity contribution is -0.137. The zero-order valence-corrected chi connectivity index (χ0v) is 16.7. The number of aryl methyl sites for hydroxylation is 2. The fraction of sp³-hybridized carbons (Fsp3) is 0.476. The number of aromatic nitrogens is 2. The van der Waals surface area contributed by atoms with Crippen LogP contribution in [0.4, 0.5) is 4.39 Å². The lowest BCUT2D eigenvalue weighted by Crippen LogP contribution is -2.56. The molecule has 2 aliphatic heterocycles. The van der Waals surface area contributed by atoms with Crippen molar-refractivity contribution in [3.05, 3.63) is 53.1 Å². The summed E-state index contributed by atoms with van der Waals surface area (Å²) in [5.41, 5.74) is 1.56. The Labute approximate surface area is 169 Å². The van der Waals surface area contributed by atoms with Gasteiger partial charge in [0.15, 0.2) is 0 Å². The smallest absolute Gasteiger partial charge is 0.272 e. The van der Waals surface area contributed by atoms with Gasteiger partial charge >= 0.3 is 0 Å². The number of ether oxygens (including phenoxy) is 1. The molecule has 154 valence electrons. The second kappa shape index (κ2) is 7.59. The molecule has 29 heavy (non-hydrogen) atoms. The fourth-order valence-electron chi connectivity index (χ4n) is 4.26.